The molecule has 4 saturated carbocycles. The predicted molar refractivity (Wildman–Crippen MR) is 61.1 cm³/mol. The number of hydrogen-bond donors (Lipinski definition) is 0. The summed E-state index contributed by atoms with van der Waals surface area (Å²) in [5.74, 6) is 3.23. The SMILES string of the molecule is [C-]1=CC(C23CC4CC(CC(C4)C2)C3)=CC1.[Cl-].[Cl-].[Zr+3]. The van der Waals surface area contributed by atoms with Gasteiger partial charge in [0.15, 0.2) is 0 Å². The van der Waals surface area contributed by atoms with E-state index in [-0.39, 0.29) is 51.0 Å². The second kappa shape index (κ2) is 6.15. The Morgan fingerprint density at radius 2 is 1.44 bits per heavy atom. The Balaban J connectivity index is 0.000000540. The van der Waals surface area contributed by atoms with Crippen molar-refractivity contribution in [1.82, 2.24) is 0 Å². The maximum atomic E-state index is 3.38. The Hall–Kier alpha value is 0.943. The van der Waals surface area contributed by atoms with Crippen LogP contribution in [0.4, 0.5) is 0 Å². The van der Waals surface area contributed by atoms with E-state index in [0.29, 0.717) is 5.41 Å². The summed E-state index contributed by atoms with van der Waals surface area (Å²) >= 11 is 0. The van der Waals surface area contributed by atoms with Gasteiger partial charge in [-0.05, 0) is 37.0 Å². The Morgan fingerprint density at radius 3 is 1.83 bits per heavy atom. The molecule has 0 nitrogen and oxygen atoms in total. The van der Waals surface area contributed by atoms with Gasteiger partial charge in [-0.15, -0.1) is 6.42 Å². The van der Waals surface area contributed by atoms with Gasteiger partial charge in [0.05, 0.1) is 0 Å². The van der Waals surface area contributed by atoms with Crippen molar-refractivity contribution in [3.8, 4) is 0 Å². The van der Waals surface area contributed by atoms with Gasteiger partial charge in [-0.2, -0.15) is 11.6 Å². The van der Waals surface area contributed by atoms with Crippen LogP contribution in [0, 0.1) is 29.2 Å². The molecule has 0 aromatic rings. The van der Waals surface area contributed by atoms with E-state index in [2.05, 4.69) is 18.2 Å². The van der Waals surface area contributed by atoms with Crippen molar-refractivity contribution >= 4 is 0 Å². The van der Waals surface area contributed by atoms with E-state index < -0.39 is 0 Å². The second-order valence-corrected chi connectivity index (χ2v) is 6.41. The molecule has 97 valence electrons. The Kier molecular flexibility index (Phi) is 5.81. The summed E-state index contributed by atoms with van der Waals surface area (Å²) in [6.45, 7) is 0. The Morgan fingerprint density at radius 1 is 0.944 bits per heavy atom. The van der Waals surface area contributed by atoms with Gasteiger partial charge in [-0.3, -0.25) is 6.08 Å². The number of halogens is 2. The van der Waals surface area contributed by atoms with Crippen LogP contribution >= 0.6 is 0 Å². The average molecular weight is 361 g/mol. The third-order valence-electron chi connectivity index (χ3n) is 5.35. The van der Waals surface area contributed by atoms with E-state index in [1.54, 1.807) is 24.8 Å². The molecule has 0 aromatic heterocycles. The first-order valence-electron chi connectivity index (χ1n) is 6.61. The molecule has 0 atom stereocenters. The number of allylic oxidation sites excluding steroid dienone is 4. The fourth-order valence-corrected chi connectivity index (χ4v) is 5.23. The molecule has 3 heteroatoms. The van der Waals surface area contributed by atoms with Crippen molar-refractivity contribution < 1.29 is 51.0 Å². The van der Waals surface area contributed by atoms with Crippen molar-refractivity contribution in [3.63, 3.8) is 0 Å². The first-order chi connectivity index (χ1) is 7.34. The largest absolute Gasteiger partial charge is 3.00 e. The molecule has 0 N–H and O–H groups in total. The summed E-state index contributed by atoms with van der Waals surface area (Å²) in [5.41, 5.74) is 2.29. The third kappa shape index (κ3) is 2.57. The van der Waals surface area contributed by atoms with Crippen LogP contribution in [-0.2, 0) is 26.2 Å². The van der Waals surface area contributed by atoms with Crippen LogP contribution < -0.4 is 24.8 Å². The fraction of sp³-hybridized carbons (Fsp3) is 0.733. The van der Waals surface area contributed by atoms with E-state index in [1.165, 1.54) is 19.3 Å². The maximum Gasteiger partial charge on any atom is 3.00 e. The van der Waals surface area contributed by atoms with Crippen LogP contribution in [0.25, 0.3) is 0 Å². The smallest absolute Gasteiger partial charge is 1.00 e. The third-order valence-corrected chi connectivity index (χ3v) is 5.35. The van der Waals surface area contributed by atoms with Crippen LogP contribution in [0.1, 0.15) is 44.9 Å². The van der Waals surface area contributed by atoms with E-state index in [0.717, 1.165) is 24.2 Å². The first-order valence-corrected chi connectivity index (χ1v) is 6.61. The van der Waals surface area contributed by atoms with Gasteiger partial charge in [0, 0.05) is 0 Å². The fourth-order valence-electron chi connectivity index (χ4n) is 5.23. The summed E-state index contributed by atoms with van der Waals surface area (Å²) in [6, 6.07) is 0. The van der Waals surface area contributed by atoms with Gasteiger partial charge in [0.2, 0.25) is 0 Å². The van der Waals surface area contributed by atoms with Crippen LogP contribution in [0.15, 0.2) is 17.7 Å². The molecule has 18 heavy (non-hydrogen) atoms. The monoisotopic (exact) mass is 359 g/mol. The topological polar surface area (TPSA) is 0 Å². The van der Waals surface area contributed by atoms with Crippen LogP contribution in [0.2, 0.25) is 0 Å². The van der Waals surface area contributed by atoms with Gasteiger partial charge in [-0.1, -0.05) is 24.7 Å². The molecule has 5 aliphatic carbocycles. The molecule has 0 heterocycles. The molecule has 0 saturated heterocycles. The summed E-state index contributed by atoms with van der Waals surface area (Å²) in [7, 11) is 0. The second-order valence-electron chi connectivity index (χ2n) is 6.41. The van der Waals surface area contributed by atoms with Crippen molar-refractivity contribution in [2.45, 2.75) is 44.9 Å². The zero-order valence-corrected chi connectivity index (χ0v) is 14.6. The molecule has 0 unspecified atom stereocenters. The van der Waals surface area contributed by atoms with Gasteiger partial charge in [0.1, 0.15) is 0 Å². The maximum absolute atomic E-state index is 3.38. The summed E-state index contributed by atoms with van der Waals surface area (Å²) in [4.78, 5) is 0. The van der Waals surface area contributed by atoms with Gasteiger partial charge < -0.3 is 24.8 Å². The molecule has 0 amide bonds. The molecule has 0 aliphatic heterocycles. The molecule has 4 bridgehead atoms. The van der Waals surface area contributed by atoms with Gasteiger partial charge >= 0.3 is 26.2 Å². The molecular weight excluding hydrogens is 342 g/mol. The average Bonchev–Trinajstić information content (AvgIpc) is 2.67. The van der Waals surface area contributed by atoms with E-state index in [1.807, 2.05) is 0 Å². The summed E-state index contributed by atoms with van der Waals surface area (Å²) in [5, 5.41) is 0. The zero-order valence-electron chi connectivity index (χ0n) is 10.6. The molecule has 0 aromatic carbocycles. The minimum absolute atomic E-state index is 0. The summed E-state index contributed by atoms with van der Waals surface area (Å²) in [6.07, 6.45) is 18.4. The van der Waals surface area contributed by atoms with E-state index in [9.17, 15) is 0 Å². The van der Waals surface area contributed by atoms with Gasteiger partial charge in [0.25, 0.3) is 0 Å². The van der Waals surface area contributed by atoms with Crippen LogP contribution in [0.3, 0.4) is 0 Å². The molecule has 5 rings (SSSR count). The van der Waals surface area contributed by atoms with Crippen molar-refractivity contribution in [2.75, 3.05) is 0 Å². The first kappa shape index (κ1) is 17.0. The van der Waals surface area contributed by atoms with Crippen LogP contribution in [-0.4, -0.2) is 0 Å². The van der Waals surface area contributed by atoms with Crippen LogP contribution in [0.5, 0.6) is 0 Å². The quantitative estimate of drug-likeness (QED) is 0.470. The standard InChI is InChI=1S/C15H19.2ClH.Zr/c1-2-4-14(3-1)15-8-11-5-12(9-15)7-13(6-11)10-15;;;/h3-4,11-13H,1,5-10H2;2*1H;/q-1;;;+3/p-2. The van der Waals surface area contributed by atoms with E-state index in [4.69, 9.17) is 0 Å². The van der Waals surface area contributed by atoms with Gasteiger partial charge in [-0.25, -0.2) is 6.08 Å². The Labute approximate surface area is 142 Å². The van der Waals surface area contributed by atoms with E-state index >= 15 is 0 Å². The number of hydrogen-bond acceptors (Lipinski definition) is 0. The molecular formula is C15H19Cl2Zr. The summed E-state index contributed by atoms with van der Waals surface area (Å²) < 4.78 is 0. The normalized spacial score (nSPS) is 42.7. The molecule has 0 spiro atoms. The Bertz CT molecular complexity index is 324. The predicted octanol–water partition coefficient (Wildman–Crippen LogP) is -2.10. The van der Waals surface area contributed by atoms with Crippen molar-refractivity contribution in [3.05, 3.63) is 23.8 Å². The minimum Gasteiger partial charge on any atom is -1.00 e. The van der Waals surface area contributed by atoms with Crippen molar-refractivity contribution in [1.29, 1.82) is 0 Å². The zero-order chi connectivity index (χ0) is 9.88. The molecule has 1 radical (unpaired) electrons. The number of rotatable bonds is 1. The molecule has 5 aliphatic rings. The molecule has 4 fully saturated rings. The minimum atomic E-state index is 0. The van der Waals surface area contributed by atoms with Crippen molar-refractivity contribution in [2.24, 2.45) is 23.2 Å².